The van der Waals surface area contributed by atoms with Gasteiger partial charge in [0.05, 0.1) is 27.4 Å². The lowest BCUT2D eigenvalue weighted by Crippen LogP contribution is -2.37. The summed E-state index contributed by atoms with van der Waals surface area (Å²) in [5, 5.41) is 1.14. The first kappa shape index (κ1) is 20.6. The van der Waals surface area contributed by atoms with Gasteiger partial charge in [0, 0.05) is 16.6 Å². The molecule has 0 amide bonds. The summed E-state index contributed by atoms with van der Waals surface area (Å²) in [4.78, 5) is 34.0. The van der Waals surface area contributed by atoms with E-state index in [0.717, 1.165) is 40.1 Å². The molecular formula is C21H24N4O4S2. The van der Waals surface area contributed by atoms with E-state index in [1.807, 2.05) is 13.8 Å². The minimum Gasteiger partial charge on any atom is -0.307 e. The Labute approximate surface area is 183 Å². The van der Waals surface area contributed by atoms with Crippen LogP contribution in [-0.4, -0.2) is 28.5 Å². The molecule has 8 nitrogen and oxygen atoms in total. The number of hydrogen-bond acceptors (Lipinski definition) is 6. The molecule has 2 aliphatic carbocycles. The lowest BCUT2D eigenvalue weighted by Gasteiger charge is -2.17. The zero-order valence-corrected chi connectivity index (χ0v) is 19.0. The van der Waals surface area contributed by atoms with Crippen LogP contribution >= 0.6 is 11.3 Å². The highest BCUT2D eigenvalue weighted by atomic mass is 32.2. The van der Waals surface area contributed by atoms with Crippen LogP contribution in [0.2, 0.25) is 0 Å². The first-order valence-electron chi connectivity index (χ1n) is 10.4. The molecule has 2 N–H and O–H groups in total. The van der Waals surface area contributed by atoms with Crippen molar-refractivity contribution >= 4 is 32.3 Å². The van der Waals surface area contributed by atoms with Crippen LogP contribution in [-0.2, 0) is 23.0 Å². The van der Waals surface area contributed by atoms with Crippen LogP contribution in [0.1, 0.15) is 48.1 Å². The molecule has 2 fully saturated rings. The van der Waals surface area contributed by atoms with Gasteiger partial charge in [0.1, 0.15) is 0 Å². The molecule has 0 bridgehead atoms. The quantitative estimate of drug-likeness (QED) is 0.562. The Bertz CT molecular complexity index is 1410. The van der Waals surface area contributed by atoms with Crippen LogP contribution in [0.3, 0.4) is 0 Å². The molecule has 3 aromatic rings. The molecule has 0 spiro atoms. The lowest BCUT2D eigenvalue weighted by molar-refractivity contribution is 0.556. The van der Waals surface area contributed by atoms with Crippen molar-refractivity contribution < 1.29 is 8.42 Å². The molecule has 2 saturated carbocycles. The van der Waals surface area contributed by atoms with Crippen LogP contribution in [0, 0.1) is 12.8 Å². The highest BCUT2D eigenvalue weighted by Crippen LogP contribution is 2.39. The Hall–Kier alpha value is -2.30. The van der Waals surface area contributed by atoms with Gasteiger partial charge in [-0.25, -0.2) is 22.9 Å². The number of nitrogens with one attached hydrogen (secondary N) is 2. The van der Waals surface area contributed by atoms with Crippen molar-refractivity contribution in [1.29, 1.82) is 0 Å². The van der Waals surface area contributed by atoms with Crippen molar-refractivity contribution in [1.82, 2.24) is 19.3 Å². The van der Waals surface area contributed by atoms with Crippen molar-refractivity contribution in [2.45, 2.75) is 62.9 Å². The van der Waals surface area contributed by atoms with E-state index >= 15 is 0 Å². The zero-order chi connectivity index (χ0) is 22.0. The van der Waals surface area contributed by atoms with Gasteiger partial charge in [-0.05, 0) is 69.6 Å². The van der Waals surface area contributed by atoms with E-state index in [2.05, 4.69) is 14.7 Å². The van der Waals surface area contributed by atoms with E-state index in [-0.39, 0.29) is 16.8 Å². The van der Waals surface area contributed by atoms with Crippen LogP contribution in [0.15, 0.2) is 32.8 Å². The largest absolute Gasteiger partial charge is 0.329 e. The maximum absolute atomic E-state index is 13.5. The second-order valence-electron chi connectivity index (χ2n) is 8.95. The van der Waals surface area contributed by atoms with Crippen molar-refractivity contribution in [3.63, 3.8) is 0 Å². The Kier molecular flexibility index (Phi) is 4.72. The fraction of sp³-hybridized carbons (Fsp3) is 0.476. The van der Waals surface area contributed by atoms with Gasteiger partial charge in [-0.15, -0.1) is 11.3 Å². The summed E-state index contributed by atoms with van der Waals surface area (Å²) >= 11 is 1.42. The standard InChI is InChI=1S/C21H24N4O4S2/c1-12-22-10-14(30-12)11-25-19(26)18-15(9-13-3-4-13)17(6-5-16(18)23-20(25)27)31(28,29)24-21(2)7-8-21/h5-6,10,13,24H,3-4,7-9,11H2,1-2H3,(H,23,27). The normalized spacial score (nSPS) is 17.9. The molecule has 0 radical (unpaired) electrons. The van der Waals surface area contributed by atoms with Crippen LogP contribution in [0.5, 0.6) is 0 Å². The van der Waals surface area contributed by atoms with E-state index in [9.17, 15) is 18.0 Å². The molecule has 1 aromatic carbocycles. The SMILES string of the molecule is Cc1ncc(Cn2c(=O)[nH]c3ccc(S(=O)(=O)NC4(C)CC4)c(CC4CC4)c3c2=O)s1. The average Bonchev–Trinajstić information content (AvgIpc) is 3.60. The van der Waals surface area contributed by atoms with Gasteiger partial charge >= 0.3 is 5.69 Å². The van der Waals surface area contributed by atoms with Crippen molar-refractivity contribution in [2.24, 2.45) is 5.92 Å². The number of hydrogen-bond donors (Lipinski definition) is 2. The van der Waals surface area contributed by atoms with Crippen LogP contribution in [0.25, 0.3) is 10.9 Å². The highest BCUT2D eigenvalue weighted by molar-refractivity contribution is 7.89. The second-order valence-corrected chi connectivity index (χ2v) is 11.9. The first-order valence-corrected chi connectivity index (χ1v) is 12.7. The fourth-order valence-electron chi connectivity index (χ4n) is 3.90. The number of fused-ring (bicyclic) bond motifs is 1. The Morgan fingerprint density at radius 2 is 2.03 bits per heavy atom. The summed E-state index contributed by atoms with van der Waals surface area (Å²) in [6, 6.07) is 3.04. The smallest absolute Gasteiger partial charge is 0.307 e. The third-order valence-electron chi connectivity index (χ3n) is 6.06. The molecular weight excluding hydrogens is 436 g/mol. The highest BCUT2D eigenvalue weighted by Gasteiger charge is 2.42. The number of H-pyrrole nitrogens is 1. The van der Waals surface area contributed by atoms with Gasteiger partial charge in [-0.1, -0.05) is 0 Å². The minimum atomic E-state index is -3.79. The van der Waals surface area contributed by atoms with E-state index < -0.39 is 26.8 Å². The maximum atomic E-state index is 13.5. The lowest BCUT2D eigenvalue weighted by atomic mass is 10.0. The van der Waals surface area contributed by atoms with Gasteiger partial charge < -0.3 is 4.98 Å². The molecule has 10 heteroatoms. The third kappa shape index (κ3) is 3.99. The van der Waals surface area contributed by atoms with Gasteiger partial charge in [-0.2, -0.15) is 0 Å². The van der Waals surface area contributed by atoms with Crippen molar-refractivity contribution in [2.75, 3.05) is 0 Å². The van der Waals surface area contributed by atoms with Gasteiger partial charge in [0.25, 0.3) is 5.56 Å². The Balaban J connectivity index is 1.70. The number of aromatic amines is 1. The van der Waals surface area contributed by atoms with Gasteiger partial charge in [0.15, 0.2) is 0 Å². The molecule has 164 valence electrons. The maximum Gasteiger partial charge on any atom is 0.329 e. The molecule has 0 unspecified atom stereocenters. The summed E-state index contributed by atoms with van der Waals surface area (Å²) in [6.07, 6.45) is 5.78. The van der Waals surface area contributed by atoms with E-state index in [4.69, 9.17) is 0 Å². The number of rotatable bonds is 7. The predicted molar refractivity (Wildman–Crippen MR) is 119 cm³/mol. The number of thiazole rings is 1. The molecule has 5 rings (SSSR count). The summed E-state index contributed by atoms with van der Waals surface area (Å²) in [5.41, 5.74) is -0.513. The average molecular weight is 461 g/mol. The Morgan fingerprint density at radius 3 is 2.65 bits per heavy atom. The molecule has 0 atom stereocenters. The predicted octanol–water partition coefficient (Wildman–Crippen LogP) is 2.29. The molecule has 31 heavy (non-hydrogen) atoms. The number of sulfonamides is 1. The van der Waals surface area contributed by atoms with Crippen molar-refractivity contribution in [3.05, 3.63) is 54.6 Å². The van der Waals surface area contributed by atoms with Crippen LogP contribution < -0.4 is 16.0 Å². The van der Waals surface area contributed by atoms with Gasteiger partial charge in [-0.3, -0.25) is 9.36 Å². The molecule has 2 aromatic heterocycles. The third-order valence-corrected chi connectivity index (χ3v) is 8.68. The van der Waals surface area contributed by atoms with E-state index in [0.29, 0.717) is 23.4 Å². The molecule has 2 heterocycles. The number of aromatic nitrogens is 3. The fourth-order valence-corrected chi connectivity index (χ4v) is 6.40. The summed E-state index contributed by atoms with van der Waals surface area (Å²) in [6.45, 7) is 3.85. The molecule has 0 saturated heterocycles. The number of nitrogens with zero attached hydrogens (tertiary/aromatic N) is 2. The van der Waals surface area contributed by atoms with E-state index in [1.54, 1.807) is 6.20 Å². The zero-order valence-electron chi connectivity index (χ0n) is 17.4. The van der Waals surface area contributed by atoms with E-state index in [1.165, 1.54) is 23.5 Å². The number of aryl methyl sites for hydroxylation is 1. The summed E-state index contributed by atoms with van der Waals surface area (Å²) in [5.74, 6) is 0.361. The topological polar surface area (TPSA) is 114 Å². The summed E-state index contributed by atoms with van der Waals surface area (Å²) < 4.78 is 30.4. The Morgan fingerprint density at radius 1 is 1.29 bits per heavy atom. The summed E-state index contributed by atoms with van der Waals surface area (Å²) in [7, 11) is -3.79. The monoisotopic (exact) mass is 460 g/mol. The second kappa shape index (κ2) is 7.11. The molecule has 2 aliphatic rings. The molecule has 0 aliphatic heterocycles. The number of benzene rings is 1. The minimum absolute atomic E-state index is 0.103. The first-order chi connectivity index (χ1) is 14.7. The van der Waals surface area contributed by atoms with Gasteiger partial charge in [0.2, 0.25) is 10.0 Å². The van der Waals surface area contributed by atoms with Crippen LogP contribution in [0.4, 0.5) is 0 Å². The van der Waals surface area contributed by atoms with Crippen molar-refractivity contribution in [3.8, 4) is 0 Å².